The molecule has 0 radical (unpaired) electrons. The molecule has 0 bridgehead atoms. The molecule has 1 aromatic heterocycles. The first-order chi connectivity index (χ1) is 12.9. The van der Waals surface area contributed by atoms with Crippen LogP contribution in [0.25, 0.3) is 10.9 Å². The van der Waals surface area contributed by atoms with Gasteiger partial charge in [-0.25, -0.2) is 0 Å². The fourth-order valence-corrected chi connectivity index (χ4v) is 3.32. The molecule has 140 valence electrons. The van der Waals surface area contributed by atoms with Crippen molar-refractivity contribution in [2.45, 2.75) is 13.3 Å². The van der Waals surface area contributed by atoms with E-state index in [1.165, 1.54) is 10.6 Å². The number of carbonyl (C=O) groups excluding carboxylic acids is 2. The molecule has 6 nitrogen and oxygen atoms in total. The van der Waals surface area contributed by atoms with Crippen molar-refractivity contribution in [1.29, 1.82) is 0 Å². The van der Waals surface area contributed by atoms with E-state index in [0.717, 1.165) is 0 Å². The molecule has 0 spiro atoms. The van der Waals surface area contributed by atoms with Crippen molar-refractivity contribution in [2.24, 2.45) is 0 Å². The molecule has 2 aromatic carbocycles. The molecule has 3 N–H and O–H groups in total. The maximum absolute atomic E-state index is 13.1. The van der Waals surface area contributed by atoms with Gasteiger partial charge in [0.1, 0.15) is 5.75 Å². The molecule has 3 rings (SSSR count). The lowest BCUT2D eigenvalue weighted by atomic mass is 10.1. The van der Waals surface area contributed by atoms with Gasteiger partial charge in [-0.1, -0.05) is 17.7 Å². The lowest BCUT2D eigenvalue weighted by Gasteiger charge is -2.08. The number of aromatic hydroxyl groups is 1. The number of fused-ring (bicyclic) bond motifs is 1. The zero-order chi connectivity index (χ0) is 19.6. The minimum absolute atomic E-state index is 0.0294. The lowest BCUT2D eigenvalue weighted by molar-refractivity contribution is -0.120. The first-order valence-electron chi connectivity index (χ1n) is 8.43. The summed E-state index contributed by atoms with van der Waals surface area (Å²) < 4.78 is 1.52. The molecular weight excluding hydrogens is 368 g/mol. The minimum atomic E-state index is -0.273. The second kappa shape index (κ2) is 7.82. The summed E-state index contributed by atoms with van der Waals surface area (Å²) in [5.41, 5.74) is 2.28. The van der Waals surface area contributed by atoms with E-state index in [9.17, 15) is 14.7 Å². The van der Waals surface area contributed by atoms with Crippen LogP contribution in [0.15, 0.2) is 42.5 Å². The number of phenols is 1. The van der Waals surface area contributed by atoms with Crippen molar-refractivity contribution in [1.82, 2.24) is 9.88 Å². The molecule has 0 unspecified atom stereocenters. The average molecular weight is 387 g/mol. The van der Waals surface area contributed by atoms with Gasteiger partial charge in [-0.2, -0.15) is 0 Å². The average Bonchev–Trinajstić information content (AvgIpc) is 2.90. The van der Waals surface area contributed by atoms with E-state index in [4.69, 9.17) is 16.7 Å². The van der Waals surface area contributed by atoms with E-state index < -0.39 is 0 Å². The maximum Gasteiger partial charge on any atom is 0.262 e. The topological polar surface area (TPSA) is 91.6 Å². The van der Waals surface area contributed by atoms with Crippen LogP contribution in [0.2, 0.25) is 5.02 Å². The summed E-state index contributed by atoms with van der Waals surface area (Å²) in [5.74, 6) is -0.496. The Morgan fingerprint density at radius 2 is 1.96 bits per heavy atom. The highest BCUT2D eigenvalue weighted by Crippen LogP contribution is 2.30. The van der Waals surface area contributed by atoms with Gasteiger partial charge < -0.3 is 15.5 Å². The molecule has 0 aliphatic rings. The van der Waals surface area contributed by atoms with E-state index >= 15 is 0 Å². The molecule has 27 heavy (non-hydrogen) atoms. The summed E-state index contributed by atoms with van der Waals surface area (Å²) in [6, 6.07) is 11.3. The van der Waals surface area contributed by atoms with Crippen LogP contribution < -0.4 is 5.32 Å². The normalized spacial score (nSPS) is 10.9. The number of aliphatic hydroxyl groups is 1. The molecular formula is C20H19ClN2O4. The van der Waals surface area contributed by atoms with Gasteiger partial charge in [0.15, 0.2) is 0 Å². The Morgan fingerprint density at radius 3 is 2.67 bits per heavy atom. The van der Waals surface area contributed by atoms with Crippen molar-refractivity contribution in [2.75, 3.05) is 13.2 Å². The van der Waals surface area contributed by atoms with E-state index in [1.807, 2.05) is 0 Å². The predicted molar refractivity (Wildman–Crippen MR) is 103 cm³/mol. The number of aromatic nitrogens is 1. The molecule has 0 fully saturated rings. The number of amides is 1. The Bertz CT molecular complexity index is 1030. The van der Waals surface area contributed by atoms with Gasteiger partial charge in [0.05, 0.1) is 18.5 Å². The van der Waals surface area contributed by atoms with Crippen molar-refractivity contribution in [3.8, 4) is 5.75 Å². The predicted octanol–water partition coefficient (Wildman–Crippen LogP) is 2.65. The molecule has 7 heteroatoms. The Hall–Kier alpha value is -2.83. The minimum Gasteiger partial charge on any atom is -0.508 e. The monoisotopic (exact) mass is 386 g/mol. The summed E-state index contributed by atoms with van der Waals surface area (Å²) in [6.45, 7) is 1.76. The zero-order valence-electron chi connectivity index (χ0n) is 14.7. The molecule has 1 amide bonds. The first-order valence-corrected chi connectivity index (χ1v) is 8.81. The Kier molecular flexibility index (Phi) is 5.48. The molecule has 0 saturated carbocycles. The van der Waals surface area contributed by atoms with Gasteiger partial charge in [-0.05, 0) is 48.9 Å². The van der Waals surface area contributed by atoms with Gasteiger partial charge in [0.25, 0.3) is 5.91 Å². The summed E-state index contributed by atoms with van der Waals surface area (Å²) in [5, 5.41) is 22.4. The highest BCUT2D eigenvalue weighted by molar-refractivity contribution is 6.31. The number of phenolic OH excluding ortho intramolecular Hbond substituents is 1. The number of hydrogen-bond acceptors (Lipinski definition) is 4. The fraction of sp³-hybridized carbons (Fsp3) is 0.200. The van der Waals surface area contributed by atoms with Crippen molar-refractivity contribution >= 4 is 34.3 Å². The number of nitrogens with zero attached hydrogens (tertiary/aromatic N) is 1. The van der Waals surface area contributed by atoms with Crippen molar-refractivity contribution in [3.63, 3.8) is 0 Å². The third-order valence-electron chi connectivity index (χ3n) is 4.36. The Labute approximate surface area is 161 Å². The fourth-order valence-electron chi connectivity index (χ4n) is 3.13. The summed E-state index contributed by atoms with van der Waals surface area (Å²) in [7, 11) is 0. The summed E-state index contributed by atoms with van der Waals surface area (Å²) in [6.07, 6.45) is 0.0294. The summed E-state index contributed by atoms with van der Waals surface area (Å²) in [4.78, 5) is 25.2. The number of nitrogens with one attached hydrogen (secondary N) is 1. The largest absolute Gasteiger partial charge is 0.508 e. The van der Waals surface area contributed by atoms with Crippen LogP contribution in [0.3, 0.4) is 0 Å². The number of benzene rings is 2. The van der Waals surface area contributed by atoms with Gasteiger partial charge in [-0.15, -0.1) is 0 Å². The zero-order valence-corrected chi connectivity index (χ0v) is 15.5. The number of halogens is 1. The SMILES string of the molecule is Cc1c(CC(=O)NCCO)c2cc(O)ccc2n1C(=O)c1cccc(Cl)c1. The molecule has 0 aliphatic carbocycles. The number of aliphatic hydroxyl groups excluding tert-OH is 1. The van der Waals surface area contributed by atoms with Crippen LogP contribution in [0, 0.1) is 6.92 Å². The van der Waals surface area contributed by atoms with Gasteiger partial charge >= 0.3 is 0 Å². The molecule has 0 aliphatic heterocycles. The van der Waals surface area contributed by atoms with Crippen LogP contribution in [-0.4, -0.2) is 39.7 Å². The Balaban J connectivity index is 2.12. The van der Waals surface area contributed by atoms with Crippen LogP contribution in [0.1, 0.15) is 21.6 Å². The Morgan fingerprint density at radius 1 is 1.19 bits per heavy atom. The first kappa shape index (κ1) is 18.9. The van der Waals surface area contributed by atoms with Crippen molar-refractivity contribution in [3.05, 3.63) is 64.3 Å². The van der Waals surface area contributed by atoms with Crippen LogP contribution in [0.4, 0.5) is 0 Å². The molecule has 0 saturated heterocycles. The second-order valence-electron chi connectivity index (χ2n) is 6.17. The smallest absolute Gasteiger partial charge is 0.262 e. The second-order valence-corrected chi connectivity index (χ2v) is 6.60. The van der Waals surface area contributed by atoms with E-state index in [-0.39, 0.29) is 37.1 Å². The van der Waals surface area contributed by atoms with E-state index in [1.54, 1.807) is 43.3 Å². The molecule has 0 atom stereocenters. The number of hydrogen-bond donors (Lipinski definition) is 3. The van der Waals surface area contributed by atoms with Crippen molar-refractivity contribution < 1.29 is 19.8 Å². The third-order valence-corrected chi connectivity index (χ3v) is 4.60. The van der Waals surface area contributed by atoms with E-state index in [2.05, 4.69) is 5.32 Å². The van der Waals surface area contributed by atoms with Crippen LogP contribution in [0.5, 0.6) is 5.75 Å². The van der Waals surface area contributed by atoms with Gasteiger partial charge in [0.2, 0.25) is 5.91 Å². The molecule has 1 heterocycles. The highest BCUT2D eigenvalue weighted by atomic mass is 35.5. The lowest BCUT2D eigenvalue weighted by Crippen LogP contribution is -2.28. The van der Waals surface area contributed by atoms with Gasteiger partial charge in [-0.3, -0.25) is 14.2 Å². The third kappa shape index (κ3) is 3.82. The number of carbonyl (C=O) groups is 2. The van der Waals surface area contributed by atoms with Crippen LogP contribution in [-0.2, 0) is 11.2 Å². The summed E-state index contributed by atoms with van der Waals surface area (Å²) >= 11 is 6.01. The quantitative estimate of drug-likeness (QED) is 0.628. The molecule has 3 aromatic rings. The van der Waals surface area contributed by atoms with Gasteiger partial charge in [0, 0.05) is 28.2 Å². The van der Waals surface area contributed by atoms with E-state index in [0.29, 0.717) is 32.7 Å². The number of rotatable bonds is 5. The van der Waals surface area contributed by atoms with Crippen LogP contribution >= 0.6 is 11.6 Å². The highest BCUT2D eigenvalue weighted by Gasteiger charge is 2.21. The standard InChI is InChI=1S/C20H19ClN2O4/c1-12-16(11-19(26)22-7-8-24)17-10-15(25)5-6-18(17)23(12)20(27)13-3-2-4-14(21)9-13/h2-6,9-10,24-25H,7-8,11H2,1H3,(H,22,26). The maximum atomic E-state index is 13.1.